The Morgan fingerprint density at radius 2 is 1.75 bits per heavy atom. The molecule has 0 fully saturated rings. The fraction of sp³-hybridized carbons (Fsp3) is 0.125. The average Bonchev–Trinajstić information content (AvgIpc) is 2.48. The Kier molecular flexibility index (Phi) is 3.21. The van der Waals surface area contributed by atoms with E-state index >= 15 is 0 Å². The molecule has 4 heteroatoms. The first-order valence-electron chi connectivity index (χ1n) is 6.40. The largest absolute Gasteiger partial charge is 0.487 e. The second-order valence-electron chi connectivity index (χ2n) is 4.60. The zero-order chi connectivity index (χ0) is 13.9. The molecule has 1 N–H and O–H groups in total. The van der Waals surface area contributed by atoms with Gasteiger partial charge in [-0.1, -0.05) is 36.4 Å². The van der Waals surface area contributed by atoms with E-state index in [2.05, 4.69) is 10.2 Å². The van der Waals surface area contributed by atoms with E-state index in [1.165, 1.54) is 0 Å². The van der Waals surface area contributed by atoms with Gasteiger partial charge in [0, 0.05) is 5.39 Å². The highest BCUT2D eigenvalue weighted by atomic mass is 16.5. The van der Waals surface area contributed by atoms with Crippen molar-refractivity contribution in [2.45, 2.75) is 13.5 Å². The number of ether oxygens (including phenoxy) is 1. The highest BCUT2D eigenvalue weighted by Gasteiger charge is 2.07. The maximum atomic E-state index is 11.7. The highest BCUT2D eigenvalue weighted by molar-refractivity contribution is 5.83. The van der Waals surface area contributed by atoms with Gasteiger partial charge in [-0.2, -0.15) is 5.10 Å². The van der Waals surface area contributed by atoms with Crippen LogP contribution in [0.3, 0.4) is 0 Å². The van der Waals surface area contributed by atoms with Crippen molar-refractivity contribution < 1.29 is 4.74 Å². The highest BCUT2D eigenvalue weighted by Crippen LogP contribution is 2.19. The number of aromatic nitrogens is 2. The monoisotopic (exact) mass is 266 g/mol. The second kappa shape index (κ2) is 5.17. The van der Waals surface area contributed by atoms with Crippen LogP contribution < -0.4 is 10.3 Å². The molecule has 0 saturated heterocycles. The van der Waals surface area contributed by atoms with Crippen LogP contribution in [0.25, 0.3) is 10.8 Å². The molecule has 20 heavy (non-hydrogen) atoms. The molecule has 0 saturated carbocycles. The van der Waals surface area contributed by atoms with Crippen molar-refractivity contribution in [1.82, 2.24) is 10.2 Å². The topological polar surface area (TPSA) is 55.0 Å². The molecule has 0 bridgehead atoms. The number of aromatic amines is 1. The van der Waals surface area contributed by atoms with Crippen LogP contribution in [0.15, 0.2) is 53.3 Å². The summed E-state index contributed by atoms with van der Waals surface area (Å²) in [4.78, 5) is 11.7. The lowest BCUT2D eigenvalue weighted by Gasteiger charge is -2.09. The predicted molar refractivity (Wildman–Crippen MR) is 77.9 cm³/mol. The number of rotatable bonds is 3. The lowest BCUT2D eigenvalue weighted by atomic mass is 10.1. The Bertz CT molecular complexity index is 809. The molecule has 100 valence electrons. The number of H-pyrrole nitrogens is 1. The van der Waals surface area contributed by atoms with E-state index in [0.29, 0.717) is 12.0 Å². The Morgan fingerprint density at radius 1 is 1.05 bits per heavy atom. The molecule has 1 aromatic heterocycles. The average molecular weight is 266 g/mol. The van der Waals surface area contributed by atoms with Crippen molar-refractivity contribution in [2.75, 3.05) is 0 Å². The minimum absolute atomic E-state index is 0.180. The smallest absolute Gasteiger partial charge is 0.272 e. The molecule has 0 amide bonds. The van der Waals surface area contributed by atoms with Gasteiger partial charge >= 0.3 is 0 Å². The fourth-order valence-electron chi connectivity index (χ4n) is 2.15. The van der Waals surface area contributed by atoms with E-state index in [1.54, 1.807) is 6.07 Å². The van der Waals surface area contributed by atoms with Gasteiger partial charge in [-0.25, -0.2) is 5.10 Å². The molecular formula is C16H14N2O2. The molecule has 2 aromatic carbocycles. The molecule has 3 aromatic rings. The van der Waals surface area contributed by atoms with Crippen molar-refractivity contribution in [3.63, 3.8) is 0 Å². The summed E-state index contributed by atoms with van der Waals surface area (Å²) < 4.78 is 5.79. The van der Waals surface area contributed by atoms with Gasteiger partial charge in [-0.15, -0.1) is 0 Å². The third-order valence-corrected chi connectivity index (χ3v) is 3.23. The van der Waals surface area contributed by atoms with Crippen LogP contribution in [-0.4, -0.2) is 10.2 Å². The van der Waals surface area contributed by atoms with Crippen LogP contribution in [0.1, 0.15) is 11.3 Å². The Balaban J connectivity index is 1.94. The van der Waals surface area contributed by atoms with E-state index < -0.39 is 0 Å². The van der Waals surface area contributed by atoms with Crippen LogP contribution in [0.2, 0.25) is 0 Å². The van der Waals surface area contributed by atoms with Crippen LogP contribution in [-0.2, 0) is 6.61 Å². The summed E-state index contributed by atoms with van der Waals surface area (Å²) in [5.74, 6) is 0.824. The third-order valence-electron chi connectivity index (χ3n) is 3.23. The van der Waals surface area contributed by atoms with Gasteiger partial charge in [-0.05, 0) is 24.6 Å². The van der Waals surface area contributed by atoms with Gasteiger partial charge in [-0.3, -0.25) is 4.79 Å². The van der Waals surface area contributed by atoms with Crippen molar-refractivity contribution >= 4 is 10.8 Å². The summed E-state index contributed by atoms with van der Waals surface area (Å²) >= 11 is 0. The Morgan fingerprint density at radius 3 is 2.55 bits per heavy atom. The molecule has 0 aliphatic heterocycles. The molecule has 0 aliphatic carbocycles. The van der Waals surface area contributed by atoms with E-state index in [0.717, 1.165) is 22.4 Å². The van der Waals surface area contributed by atoms with E-state index in [9.17, 15) is 4.79 Å². The second-order valence-corrected chi connectivity index (χ2v) is 4.60. The normalized spacial score (nSPS) is 10.7. The van der Waals surface area contributed by atoms with Gasteiger partial charge in [0.2, 0.25) is 0 Å². The van der Waals surface area contributed by atoms with E-state index in [-0.39, 0.29) is 5.56 Å². The van der Waals surface area contributed by atoms with Gasteiger partial charge in [0.1, 0.15) is 18.1 Å². The molecule has 0 spiro atoms. The lowest BCUT2D eigenvalue weighted by Crippen LogP contribution is -2.12. The van der Waals surface area contributed by atoms with Crippen LogP contribution in [0.4, 0.5) is 0 Å². The number of nitrogens with one attached hydrogen (secondary N) is 1. The predicted octanol–water partition coefficient (Wildman–Crippen LogP) is 2.81. The SMILES string of the molecule is Cc1ccccc1OCc1n[nH]c(=O)c2ccccc12. The van der Waals surface area contributed by atoms with Gasteiger partial charge in [0.25, 0.3) is 5.56 Å². The quantitative estimate of drug-likeness (QED) is 0.793. The third kappa shape index (κ3) is 2.28. The summed E-state index contributed by atoms with van der Waals surface area (Å²) in [6, 6.07) is 15.2. The zero-order valence-corrected chi connectivity index (χ0v) is 11.1. The molecule has 1 heterocycles. The maximum Gasteiger partial charge on any atom is 0.272 e. The van der Waals surface area contributed by atoms with Gasteiger partial charge in [0.05, 0.1) is 5.39 Å². The summed E-state index contributed by atoms with van der Waals surface area (Å²) in [6.07, 6.45) is 0. The van der Waals surface area contributed by atoms with Crippen molar-refractivity contribution in [3.8, 4) is 5.75 Å². The molecule has 0 atom stereocenters. The molecule has 3 rings (SSSR count). The molecule has 0 unspecified atom stereocenters. The minimum Gasteiger partial charge on any atom is -0.487 e. The van der Waals surface area contributed by atoms with Crippen LogP contribution >= 0.6 is 0 Å². The Hall–Kier alpha value is -2.62. The first kappa shape index (κ1) is 12.4. The number of nitrogens with zero attached hydrogens (tertiary/aromatic N) is 1. The van der Waals surface area contributed by atoms with Crippen molar-refractivity contribution in [2.24, 2.45) is 0 Å². The van der Waals surface area contributed by atoms with E-state index in [1.807, 2.05) is 49.4 Å². The van der Waals surface area contributed by atoms with E-state index in [4.69, 9.17) is 4.74 Å². The summed E-state index contributed by atoms with van der Waals surface area (Å²) in [7, 11) is 0. The number of para-hydroxylation sites is 1. The standard InChI is InChI=1S/C16H14N2O2/c1-11-6-2-5-9-15(11)20-10-14-12-7-3-4-8-13(12)16(19)18-17-14/h2-9H,10H2,1H3,(H,18,19). The number of benzene rings is 2. The fourth-order valence-corrected chi connectivity index (χ4v) is 2.15. The lowest BCUT2D eigenvalue weighted by molar-refractivity contribution is 0.299. The number of hydrogen-bond donors (Lipinski definition) is 1. The van der Waals surface area contributed by atoms with Crippen molar-refractivity contribution in [1.29, 1.82) is 0 Å². The van der Waals surface area contributed by atoms with Gasteiger partial charge < -0.3 is 4.74 Å². The van der Waals surface area contributed by atoms with Crippen molar-refractivity contribution in [3.05, 3.63) is 70.1 Å². The molecular weight excluding hydrogens is 252 g/mol. The zero-order valence-electron chi connectivity index (χ0n) is 11.1. The number of fused-ring (bicyclic) bond motifs is 1. The first-order valence-corrected chi connectivity index (χ1v) is 6.40. The molecule has 0 radical (unpaired) electrons. The van der Waals surface area contributed by atoms with Gasteiger partial charge in [0.15, 0.2) is 0 Å². The molecule has 4 nitrogen and oxygen atoms in total. The number of aryl methyl sites for hydroxylation is 1. The molecule has 0 aliphatic rings. The van der Waals surface area contributed by atoms with Crippen LogP contribution in [0, 0.1) is 6.92 Å². The van der Waals surface area contributed by atoms with Crippen LogP contribution in [0.5, 0.6) is 5.75 Å². The first-order chi connectivity index (χ1) is 9.75. The maximum absolute atomic E-state index is 11.7. The summed E-state index contributed by atoms with van der Waals surface area (Å²) in [5, 5.41) is 8.05. The number of hydrogen-bond acceptors (Lipinski definition) is 3. The minimum atomic E-state index is -0.180. The summed E-state index contributed by atoms with van der Waals surface area (Å²) in [6.45, 7) is 2.32. The Labute approximate surface area is 116 Å². The summed E-state index contributed by atoms with van der Waals surface area (Å²) in [5.41, 5.74) is 1.62.